The highest BCUT2D eigenvalue weighted by Crippen LogP contribution is 2.27. The number of benzene rings is 2. The molecule has 2 aromatic carbocycles. The van der Waals surface area contributed by atoms with E-state index in [-0.39, 0.29) is 5.91 Å². The number of carbonyl (C=O) groups excluding carboxylic acids is 1. The highest BCUT2D eigenvalue weighted by molar-refractivity contribution is 7.99. The van der Waals surface area contributed by atoms with Crippen LogP contribution in [0.2, 0.25) is 0 Å². The molecule has 5 heteroatoms. The number of nitrogens with zero attached hydrogens (tertiary/aromatic N) is 1. The molecule has 3 aromatic rings. The molecule has 0 saturated carbocycles. The van der Waals surface area contributed by atoms with Crippen LogP contribution in [-0.4, -0.2) is 16.6 Å². The van der Waals surface area contributed by atoms with Crippen LogP contribution in [0.1, 0.15) is 22.8 Å². The van der Waals surface area contributed by atoms with E-state index in [2.05, 4.69) is 36.3 Å². The van der Waals surface area contributed by atoms with Crippen molar-refractivity contribution in [2.45, 2.75) is 18.7 Å². The number of anilines is 1. The zero-order valence-corrected chi connectivity index (χ0v) is 15.2. The van der Waals surface area contributed by atoms with Crippen LogP contribution in [0.5, 0.6) is 0 Å². The predicted octanol–water partition coefficient (Wildman–Crippen LogP) is 5.48. The van der Waals surface area contributed by atoms with E-state index in [0.29, 0.717) is 10.7 Å². The van der Waals surface area contributed by atoms with Gasteiger partial charge in [0, 0.05) is 15.8 Å². The average Bonchev–Trinajstić information content (AvgIpc) is 3.05. The Hall–Kier alpha value is -2.11. The Morgan fingerprint density at radius 2 is 1.92 bits per heavy atom. The van der Waals surface area contributed by atoms with Crippen molar-refractivity contribution in [1.82, 2.24) is 4.98 Å². The molecule has 3 nitrogen and oxygen atoms in total. The van der Waals surface area contributed by atoms with Gasteiger partial charge in [0.2, 0.25) is 0 Å². The predicted molar refractivity (Wildman–Crippen MR) is 103 cm³/mol. The zero-order valence-electron chi connectivity index (χ0n) is 13.6. The number of amides is 1. The molecule has 0 bridgehead atoms. The minimum atomic E-state index is -0.114. The lowest BCUT2D eigenvalue weighted by atomic mass is 10.1. The van der Waals surface area contributed by atoms with Crippen molar-refractivity contribution in [3.05, 3.63) is 65.0 Å². The standard InChI is InChI=1S/C19H18N2OS2/c1-3-23-17-7-5-4-6-15(17)18(22)21-19-20-16(12-24-19)14-10-8-13(2)9-11-14/h4-12H,3H2,1-2H3,(H,20,21,22). The maximum Gasteiger partial charge on any atom is 0.258 e. The molecule has 122 valence electrons. The van der Waals surface area contributed by atoms with Gasteiger partial charge in [0.05, 0.1) is 11.3 Å². The molecule has 1 aromatic heterocycles. The van der Waals surface area contributed by atoms with E-state index in [4.69, 9.17) is 0 Å². The SMILES string of the molecule is CCSc1ccccc1C(=O)Nc1nc(-c2ccc(C)cc2)cs1. The minimum absolute atomic E-state index is 0.114. The van der Waals surface area contributed by atoms with E-state index >= 15 is 0 Å². The van der Waals surface area contributed by atoms with Gasteiger partial charge >= 0.3 is 0 Å². The molecular formula is C19H18N2OS2. The molecule has 0 aliphatic heterocycles. The van der Waals surface area contributed by atoms with Gasteiger partial charge in [-0.2, -0.15) is 0 Å². The van der Waals surface area contributed by atoms with Crippen LogP contribution in [0, 0.1) is 6.92 Å². The average molecular weight is 355 g/mol. The van der Waals surface area contributed by atoms with E-state index in [1.54, 1.807) is 11.8 Å². The summed E-state index contributed by atoms with van der Waals surface area (Å²) >= 11 is 3.11. The molecule has 1 amide bonds. The Morgan fingerprint density at radius 1 is 1.17 bits per heavy atom. The van der Waals surface area contributed by atoms with Gasteiger partial charge in [-0.15, -0.1) is 23.1 Å². The minimum Gasteiger partial charge on any atom is -0.298 e. The molecule has 0 aliphatic carbocycles. The third kappa shape index (κ3) is 3.86. The van der Waals surface area contributed by atoms with Crippen molar-refractivity contribution in [1.29, 1.82) is 0 Å². The zero-order chi connectivity index (χ0) is 16.9. The molecule has 0 radical (unpaired) electrons. The van der Waals surface area contributed by atoms with Crippen molar-refractivity contribution in [2.75, 3.05) is 11.1 Å². The van der Waals surface area contributed by atoms with Crippen molar-refractivity contribution in [3.63, 3.8) is 0 Å². The molecule has 3 rings (SSSR count). The normalized spacial score (nSPS) is 10.6. The first-order valence-electron chi connectivity index (χ1n) is 7.73. The van der Waals surface area contributed by atoms with Gasteiger partial charge in [-0.3, -0.25) is 10.1 Å². The van der Waals surface area contributed by atoms with E-state index in [1.807, 2.05) is 41.8 Å². The van der Waals surface area contributed by atoms with E-state index in [0.717, 1.165) is 21.9 Å². The third-order valence-corrected chi connectivity index (χ3v) is 5.22. The Morgan fingerprint density at radius 3 is 2.67 bits per heavy atom. The largest absolute Gasteiger partial charge is 0.298 e. The fraction of sp³-hybridized carbons (Fsp3) is 0.158. The van der Waals surface area contributed by atoms with Crippen molar-refractivity contribution in [2.24, 2.45) is 0 Å². The van der Waals surface area contributed by atoms with Crippen LogP contribution in [0.25, 0.3) is 11.3 Å². The quantitative estimate of drug-likeness (QED) is 0.617. The first-order valence-corrected chi connectivity index (χ1v) is 9.59. The fourth-order valence-electron chi connectivity index (χ4n) is 2.29. The first kappa shape index (κ1) is 16.7. The van der Waals surface area contributed by atoms with Gasteiger partial charge in [-0.25, -0.2) is 4.98 Å². The van der Waals surface area contributed by atoms with E-state index in [1.165, 1.54) is 16.9 Å². The van der Waals surface area contributed by atoms with Gasteiger partial charge in [-0.1, -0.05) is 48.9 Å². The summed E-state index contributed by atoms with van der Waals surface area (Å²) in [5, 5.41) is 5.50. The number of carbonyl (C=O) groups is 1. The summed E-state index contributed by atoms with van der Waals surface area (Å²) in [7, 11) is 0. The maximum atomic E-state index is 12.5. The Labute approximate surface area is 150 Å². The summed E-state index contributed by atoms with van der Waals surface area (Å²) in [6, 6.07) is 15.9. The van der Waals surface area contributed by atoms with Gasteiger partial charge in [0.15, 0.2) is 5.13 Å². The lowest BCUT2D eigenvalue weighted by Crippen LogP contribution is -2.12. The van der Waals surface area contributed by atoms with E-state index < -0.39 is 0 Å². The fourth-order valence-corrected chi connectivity index (χ4v) is 3.80. The second-order valence-corrected chi connectivity index (χ2v) is 7.45. The van der Waals surface area contributed by atoms with E-state index in [9.17, 15) is 4.79 Å². The lowest BCUT2D eigenvalue weighted by Gasteiger charge is -2.07. The number of aryl methyl sites for hydroxylation is 1. The number of thiazole rings is 1. The Balaban J connectivity index is 1.77. The van der Waals surface area contributed by atoms with Crippen LogP contribution in [0.15, 0.2) is 58.8 Å². The van der Waals surface area contributed by atoms with Crippen LogP contribution in [0.3, 0.4) is 0 Å². The van der Waals surface area contributed by atoms with Gasteiger partial charge in [0.1, 0.15) is 0 Å². The van der Waals surface area contributed by atoms with Crippen LogP contribution >= 0.6 is 23.1 Å². The maximum absolute atomic E-state index is 12.5. The number of nitrogens with one attached hydrogen (secondary N) is 1. The number of rotatable bonds is 5. The summed E-state index contributed by atoms with van der Waals surface area (Å²) in [4.78, 5) is 18.1. The number of hydrogen-bond acceptors (Lipinski definition) is 4. The summed E-state index contributed by atoms with van der Waals surface area (Å²) in [5.41, 5.74) is 3.84. The van der Waals surface area contributed by atoms with Crippen LogP contribution in [0.4, 0.5) is 5.13 Å². The molecular weight excluding hydrogens is 336 g/mol. The van der Waals surface area contributed by atoms with Gasteiger partial charge in [-0.05, 0) is 24.8 Å². The third-order valence-electron chi connectivity index (χ3n) is 3.50. The monoisotopic (exact) mass is 354 g/mol. The summed E-state index contributed by atoms with van der Waals surface area (Å²) in [6.45, 7) is 4.14. The number of thioether (sulfide) groups is 1. The molecule has 24 heavy (non-hydrogen) atoms. The smallest absolute Gasteiger partial charge is 0.258 e. The van der Waals surface area contributed by atoms with Gasteiger partial charge in [0.25, 0.3) is 5.91 Å². The van der Waals surface area contributed by atoms with Crippen molar-refractivity contribution < 1.29 is 4.79 Å². The Bertz CT molecular complexity index is 841. The topological polar surface area (TPSA) is 42.0 Å². The summed E-state index contributed by atoms with van der Waals surface area (Å²) < 4.78 is 0. The molecule has 1 heterocycles. The number of hydrogen-bond donors (Lipinski definition) is 1. The highest BCUT2D eigenvalue weighted by atomic mass is 32.2. The summed E-state index contributed by atoms with van der Waals surface area (Å²) in [6.07, 6.45) is 0. The van der Waals surface area contributed by atoms with Crippen LogP contribution in [-0.2, 0) is 0 Å². The van der Waals surface area contributed by atoms with Crippen molar-refractivity contribution >= 4 is 34.1 Å². The second kappa shape index (κ2) is 7.64. The molecule has 0 saturated heterocycles. The van der Waals surface area contributed by atoms with Crippen molar-refractivity contribution in [3.8, 4) is 11.3 Å². The molecule has 0 aliphatic rings. The first-order chi connectivity index (χ1) is 11.7. The molecule has 0 unspecified atom stereocenters. The Kier molecular flexibility index (Phi) is 5.33. The van der Waals surface area contributed by atoms with Gasteiger partial charge < -0.3 is 0 Å². The van der Waals surface area contributed by atoms with Crippen LogP contribution < -0.4 is 5.32 Å². The number of aromatic nitrogens is 1. The molecule has 0 fully saturated rings. The lowest BCUT2D eigenvalue weighted by molar-refractivity contribution is 0.102. The molecule has 0 spiro atoms. The highest BCUT2D eigenvalue weighted by Gasteiger charge is 2.13. The molecule has 1 N–H and O–H groups in total. The summed E-state index contributed by atoms with van der Waals surface area (Å²) in [5.74, 6) is 0.815. The second-order valence-electron chi connectivity index (χ2n) is 5.29. The molecule has 0 atom stereocenters.